The van der Waals surface area contributed by atoms with Crippen LogP contribution in [0.5, 0.6) is 5.75 Å². The van der Waals surface area contributed by atoms with Crippen molar-refractivity contribution in [2.75, 3.05) is 19.0 Å². The average Bonchev–Trinajstić information content (AvgIpc) is 2.77. The highest BCUT2D eigenvalue weighted by Gasteiger charge is 2.04. The molecule has 0 amide bonds. The minimum Gasteiger partial charge on any atom is -0.497 e. The molecule has 2 aromatic rings. The fourth-order valence-electron chi connectivity index (χ4n) is 1.45. The van der Waals surface area contributed by atoms with Gasteiger partial charge in [-0.1, -0.05) is 6.07 Å². The van der Waals surface area contributed by atoms with Gasteiger partial charge in [0.15, 0.2) is 0 Å². The molecule has 0 saturated carbocycles. The fraction of sp³-hybridized carbons (Fsp3) is 0.250. The molecule has 5 heteroatoms. The summed E-state index contributed by atoms with van der Waals surface area (Å²) >= 11 is 0. The molecule has 0 saturated heterocycles. The first-order valence-corrected chi connectivity index (χ1v) is 5.37. The van der Waals surface area contributed by atoms with Gasteiger partial charge < -0.3 is 20.2 Å². The largest absolute Gasteiger partial charge is 0.497 e. The van der Waals surface area contributed by atoms with Crippen molar-refractivity contribution in [1.82, 2.24) is 4.98 Å². The summed E-state index contributed by atoms with van der Waals surface area (Å²) in [7, 11) is 1.63. The third kappa shape index (κ3) is 2.98. The maximum absolute atomic E-state index is 5.44. The summed E-state index contributed by atoms with van der Waals surface area (Å²) in [6.45, 7) is 0.561. The zero-order valence-corrected chi connectivity index (χ0v) is 9.64. The van der Waals surface area contributed by atoms with Crippen molar-refractivity contribution < 1.29 is 9.15 Å². The Balaban J connectivity index is 2.08. The van der Waals surface area contributed by atoms with Crippen molar-refractivity contribution in [3.8, 4) is 5.75 Å². The quantitative estimate of drug-likeness (QED) is 0.825. The van der Waals surface area contributed by atoms with Crippen LogP contribution in [0, 0.1) is 0 Å². The van der Waals surface area contributed by atoms with Gasteiger partial charge in [-0.25, -0.2) is 0 Å². The van der Waals surface area contributed by atoms with Gasteiger partial charge in [-0.3, -0.25) is 0 Å². The van der Waals surface area contributed by atoms with E-state index in [9.17, 15) is 0 Å². The van der Waals surface area contributed by atoms with Crippen LogP contribution in [0.4, 0.5) is 11.7 Å². The molecule has 0 bridgehead atoms. The summed E-state index contributed by atoms with van der Waals surface area (Å²) in [6, 6.07) is 8.01. The summed E-state index contributed by atoms with van der Waals surface area (Å²) in [5, 5.41) is 3.06. The van der Waals surface area contributed by atoms with Crippen LogP contribution >= 0.6 is 0 Å². The Kier molecular flexibility index (Phi) is 3.62. The minimum absolute atomic E-state index is 0.460. The standard InChI is InChI=1S/C12H15N3O2/c1-16-11-4-2-3-9(7-11)14-12-15-10(5-6-13)8-17-12/h2-4,7-8H,5-6,13H2,1H3,(H,14,15). The van der Waals surface area contributed by atoms with Gasteiger partial charge in [0, 0.05) is 18.2 Å². The molecule has 0 aliphatic carbocycles. The van der Waals surface area contributed by atoms with Crippen LogP contribution in [-0.2, 0) is 6.42 Å². The lowest BCUT2D eigenvalue weighted by molar-refractivity contribution is 0.415. The van der Waals surface area contributed by atoms with E-state index in [0.717, 1.165) is 17.1 Å². The highest BCUT2D eigenvalue weighted by atomic mass is 16.5. The van der Waals surface area contributed by atoms with Gasteiger partial charge in [0.1, 0.15) is 12.0 Å². The lowest BCUT2D eigenvalue weighted by atomic mass is 10.3. The Morgan fingerprint density at radius 2 is 2.35 bits per heavy atom. The highest BCUT2D eigenvalue weighted by Crippen LogP contribution is 2.20. The van der Waals surface area contributed by atoms with Crippen molar-refractivity contribution >= 4 is 11.7 Å². The van der Waals surface area contributed by atoms with E-state index in [1.165, 1.54) is 0 Å². The van der Waals surface area contributed by atoms with Crippen LogP contribution in [0.1, 0.15) is 5.69 Å². The zero-order chi connectivity index (χ0) is 12.1. The number of oxazole rings is 1. The number of nitrogens with one attached hydrogen (secondary N) is 1. The van der Waals surface area contributed by atoms with Crippen LogP contribution in [0.25, 0.3) is 0 Å². The van der Waals surface area contributed by atoms with Gasteiger partial charge in [0.05, 0.1) is 12.8 Å². The second-order valence-electron chi connectivity index (χ2n) is 3.54. The van der Waals surface area contributed by atoms with Gasteiger partial charge >= 0.3 is 0 Å². The van der Waals surface area contributed by atoms with Crippen LogP contribution in [0.15, 0.2) is 34.9 Å². The summed E-state index contributed by atoms with van der Waals surface area (Å²) < 4.78 is 10.4. The molecule has 0 aliphatic rings. The van der Waals surface area contributed by atoms with E-state index >= 15 is 0 Å². The molecular formula is C12H15N3O2. The number of ether oxygens (including phenoxy) is 1. The van der Waals surface area contributed by atoms with E-state index in [4.69, 9.17) is 14.9 Å². The van der Waals surface area contributed by atoms with Crippen molar-refractivity contribution in [1.29, 1.82) is 0 Å². The maximum Gasteiger partial charge on any atom is 0.299 e. The molecule has 0 unspecified atom stereocenters. The number of aromatic nitrogens is 1. The number of anilines is 2. The van der Waals surface area contributed by atoms with Crippen molar-refractivity contribution in [3.05, 3.63) is 36.2 Å². The predicted molar refractivity (Wildman–Crippen MR) is 65.5 cm³/mol. The van der Waals surface area contributed by atoms with Gasteiger partial charge in [0.25, 0.3) is 6.01 Å². The van der Waals surface area contributed by atoms with Crippen LogP contribution < -0.4 is 15.8 Å². The third-order valence-corrected chi connectivity index (χ3v) is 2.27. The summed E-state index contributed by atoms with van der Waals surface area (Å²) in [5.74, 6) is 0.781. The van der Waals surface area contributed by atoms with E-state index < -0.39 is 0 Å². The number of nitrogens with two attached hydrogens (primary N) is 1. The SMILES string of the molecule is COc1cccc(Nc2nc(CCN)co2)c1. The number of methoxy groups -OCH3 is 1. The number of benzene rings is 1. The Bertz CT molecular complexity index is 482. The summed E-state index contributed by atoms with van der Waals surface area (Å²) in [6.07, 6.45) is 2.32. The molecule has 3 N–H and O–H groups in total. The van der Waals surface area contributed by atoms with E-state index in [1.54, 1.807) is 13.4 Å². The topological polar surface area (TPSA) is 73.3 Å². The van der Waals surface area contributed by atoms with Gasteiger partial charge in [-0.05, 0) is 18.7 Å². The molecule has 1 aromatic carbocycles. The van der Waals surface area contributed by atoms with Crippen molar-refractivity contribution in [2.24, 2.45) is 5.73 Å². The molecule has 0 atom stereocenters. The van der Waals surface area contributed by atoms with E-state index in [0.29, 0.717) is 19.0 Å². The van der Waals surface area contributed by atoms with E-state index in [1.807, 2.05) is 24.3 Å². The lowest BCUT2D eigenvalue weighted by Crippen LogP contribution is -2.02. The second kappa shape index (κ2) is 5.36. The third-order valence-electron chi connectivity index (χ3n) is 2.27. The van der Waals surface area contributed by atoms with Gasteiger partial charge in [-0.2, -0.15) is 4.98 Å². The molecule has 1 aromatic heterocycles. The maximum atomic E-state index is 5.44. The Morgan fingerprint density at radius 1 is 1.47 bits per heavy atom. The first kappa shape index (κ1) is 11.5. The molecule has 90 valence electrons. The number of hydrogen-bond acceptors (Lipinski definition) is 5. The lowest BCUT2D eigenvalue weighted by Gasteiger charge is -2.03. The molecule has 5 nitrogen and oxygen atoms in total. The van der Waals surface area contributed by atoms with Crippen LogP contribution in [0.3, 0.4) is 0 Å². The monoisotopic (exact) mass is 233 g/mol. The molecule has 2 rings (SSSR count). The Morgan fingerprint density at radius 3 is 3.12 bits per heavy atom. The summed E-state index contributed by atoms with van der Waals surface area (Å²) in [4.78, 5) is 4.25. The zero-order valence-electron chi connectivity index (χ0n) is 9.64. The molecule has 1 heterocycles. The van der Waals surface area contributed by atoms with Gasteiger partial charge in [0.2, 0.25) is 0 Å². The Labute approximate surface area is 99.6 Å². The molecule has 0 radical (unpaired) electrons. The molecule has 17 heavy (non-hydrogen) atoms. The normalized spacial score (nSPS) is 10.2. The summed E-state index contributed by atoms with van der Waals surface area (Å²) in [5.41, 5.74) is 7.15. The molecular weight excluding hydrogens is 218 g/mol. The second-order valence-corrected chi connectivity index (χ2v) is 3.54. The number of nitrogens with zero attached hydrogens (tertiary/aromatic N) is 1. The molecule has 0 fully saturated rings. The van der Waals surface area contributed by atoms with Crippen molar-refractivity contribution in [3.63, 3.8) is 0 Å². The van der Waals surface area contributed by atoms with Crippen LogP contribution in [0.2, 0.25) is 0 Å². The minimum atomic E-state index is 0.460. The fourth-order valence-corrected chi connectivity index (χ4v) is 1.45. The van der Waals surface area contributed by atoms with Crippen molar-refractivity contribution in [2.45, 2.75) is 6.42 Å². The number of hydrogen-bond donors (Lipinski definition) is 2. The van der Waals surface area contributed by atoms with Crippen LogP contribution in [-0.4, -0.2) is 18.6 Å². The smallest absolute Gasteiger partial charge is 0.299 e. The highest BCUT2D eigenvalue weighted by molar-refractivity contribution is 5.54. The average molecular weight is 233 g/mol. The number of rotatable bonds is 5. The van der Waals surface area contributed by atoms with E-state index in [-0.39, 0.29) is 0 Å². The first-order valence-electron chi connectivity index (χ1n) is 5.37. The molecule has 0 aliphatic heterocycles. The predicted octanol–water partition coefficient (Wildman–Crippen LogP) is 1.93. The van der Waals surface area contributed by atoms with Gasteiger partial charge in [-0.15, -0.1) is 0 Å². The Hall–Kier alpha value is -2.01. The first-order chi connectivity index (χ1) is 8.31. The molecule has 0 spiro atoms. The van der Waals surface area contributed by atoms with E-state index in [2.05, 4.69) is 10.3 Å².